The first kappa shape index (κ1) is 17.7. The zero-order chi connectivity index (χ0) is 18.5. The number of ether oxygens (including phenoxy) is 1. The van der Waals surface area contributed by atoms with Gasteiger partial charge in [-0.15, -0.1) is 0 Å². The molecule has 26 heavy (non-hydrogen) atoms. The molecule has 0 amide bonds. The van der Waals surface area contributed by atoms with Crippen LogP contribution >= 0.6 is 0 Å². The van der Waals surface area contributed by atoms with Crippen LogP contribution in [0.4, 0.5) is 29.0 Å². The lowest BCUT2D eigenvalue weighted by Crippen LogP contribution is -2.26. The van der Waals surface area contributed by atoms with Gasteiger partial charge in [0.1, 0.15) is 5.75 Å². The lowest BCUT2D eigenvalue weighted by Gasteiger charge is -2.21. The molecule has 0 saturated carbocycles. The Kier molecular flexibility index (Phi) is 5.35. The molecular weight excluding hydrogens is 336 g/mol. The first-order valence-corrected chi connectivity index (χ1v) is 8.56. The van der Waals surface area contributed by atoms with Gasteiger partial charge in [-0.2, -0.15) is 9.97 Å². The highest BCUT2D eigenvalue weighted by Crippen LogP contribution is 2.33. The molecule has 1 aromatic heterocycles. The number of hydrogen-bond donors (Lipinski definition) is 2. The van der Waals surface area contributed by atoms with Crippen molar-refractivity contribution in [2.24, 2.45) is 0 Å². The Hall–Kier alpha value is -3.10. The van der Waals surface area contributed by atoms with Crippen molar-refractivity contribution in [1.29, 1.82) is 0 Å². The Morgan fingerprint density at radius 3 is 2.38 bits per heavy atom. The van der Waals surface area contributed by atoms with E-state index in [1.807, 2.05) is 4.90 Å². The van der Waals surface area contributed by atoms with Gasteiger partial charge in [0.15, 0.2) is 0 Å². The Morgan fingerprint density at radius 1 is 1.15 bits per heavy atom. The van der Waals surface area contributed by atoms with Crippen molar-refractivity contribution >= 4 is 29.0 Å². The third-order valence-corrected chi connectivity index (χ3v) is 4.32. The monoisotopic (exact) mass is 358 g/mol. The molecule has 1 aliphatic rings. The van der Waals surface area contributed by atoms with Crippen LogP contribution in [0.15, 0.2) is 24.3 Å². The standard InChI is InChI=1S/C17H22N6O3/c1-26-13-8-6-12(7-9-13)19-16-14(23(24)25)15(18)20-17(21-16)22-10-4-2-3-5-11-22/h6-9H,2-5,10-11H2,1H3,(H3,18,19,20,21). The van der Waals surface area contributed by atoms with Gasteiger partial charge in [-0.1, -0.05) is 12.8 Å². The van der Waals surface area contributed by atoms with Crippen LogP contribution in [0, 0.1) is 10.1 Å². The summed E-state index contributed by atoms with van der Waals surface area (Å²) in [5.74, 6) is 1.07. The molecule has 1 aliphatic heterocycles. The quantitative estimate of drug-likeness (QED) is 0.618. The lowest BCUT2D eigenvalue weighted by atomic mass is 10.2. The van der Waals surface area contributed by atoms with Crippen molar-refractivity contribution in [1.82, 2.24) is 9.97 Å². The number of methoxy groups -OCH3 is 1. The summed E-state index contributed by atoms with van der Waals surface area (Å²) in [6, 6.07) is 7.03. The summed E-state index contributed by atoms with van der Waals surface area (Å²) in [4.78, 5) is 21.5. The summed E-state index contributed by atoms with van der Waals surface area (Å²) < 4.78 is 5.12. The van der Waals surface area contributed by atoms with Gasteiger partial charge in [-0.25, -0.2) is 0 Å². The SMILES string of the molecule is COc1ccc(Nc2nc(N3CCCCCC3)nc(N)c2[N+](=O)[O-])cc1. The summed E-state index contributed by atoms with van der Waals surface area (Å²) in [7, 11) is 1.58. The smallest absolute Gasteiger partial charge is 0.353 e. The van der Waals surface area contributed by atoms with Crippen molar-refractivity contribution in [2.75, 3.05) is 36.1 Å². The highest BCUT2D eigenvalue weighted by molar-refractivity contribution is 5.74. The van der Waals surface area contributed by atoms with Crippen molar-refractivity contribution in [2.45, 2.75) is 25.7 Å². The van der Waals surface area contributed by atoms with Gasteiger partial charge in [0.2, 0.25) is 17.6 Å². The Bertz CT molecular complexity index is 773. The molecule has 2 aromatic rings. The van der Waals surface area contributed by atoms with Gasteiger partial charge in [0.25, 0.3) is 0 Å². The number of hydrogen-bond acceptors (Lipinski definition) is 8. The van der Waals surface area contributed by atoms with E-state index in [1.54, 1.807) is 31.4 Å². The van der Waals surface area contributed by atoms with E-state index in [1.165, 1.54) is 0 Å². The molecule has 9 nitrogen and oxygen atoms in total. The molecule has 0 radical (unpaired) electrons. The highest BCUT2D eigenvalue weighted by Gasteiger charge is 2.25. The van der Waals surface area contributed by atoms with Gasteiger partial charge in [0.05, 0.1) is 12.0 Å². The van der Waals surface area contributed by atoms with Gasteiger partial charge in [-0.3, -0.25) is 10.1 Å². The number of nitrogens with two attached hydrogens (primary N) is 1. The molecule has 138 valence electrons. The molecule has 3 N–H and O–H groups in total. The van der Waals surface area contributed by atoms with Crippen molar-refractivity contribution in [3.05, 3.63) is 34.4 Å². The minimum atomic E-state index is -0.562. The van der Waals surface area contributed by atoms with Gasteiger partial charge in [-0.05, 0) is 37.1 Å². The molecule has 1 saturated heterocycles. The van der Waals surface area contributed by atoms with E-state index < -0.39 is 4.92 Å². The maximum atomic E-state index is 11.4. The number of nitrogen functional groups attached to an aromatic ring is 1. The molecule has 0 atom stereocenters. The zero-order valence-corrected chi connectivity index (χ0v) is 14.6. The maximum absolute atomic E-state index is 11.4. The number of anilines is 4. The van der Waals surface area contributed by atoms with E-state index in [0.717, 1.165) is 38.8 Å². The summed E-state index contributed by atoms with van der Waals surface area (Å²) in [5.41, 5.74) is 6.22. The normalized spacial score (nSPS) is 14.6. The Balaban J connectivity index is 1.95. The van der Waals surface area contributed by atoms with Crippen molar-refractivity contribution in [3.63, 3.8) is 0 Å². The summed E-state index contributed by atoms with van der Waals surface area (Å²) in [5, 5.41) is 14.4. The molecule has 2 heterocycles. The van der Waals surface area contributed by atoms with Crippen LogP contribution in [0.25, 0.3) is 0 Å². The van der Waals surface area contributed by atoms with Crippen molar-refractivity contribution < 1.29 is 9.66 Å². The lowest BCUT2D eigenvalue weighted by molar-refractivity contribution is -0.383. The highest BCUT2D eigenvalue weighted by atomic mass is 16.6. The van der Waals surface area contributed by atoms with Crippen LogP contribution < -0.4 is 20.7 Å². The first-order valence-electron chi connectivity index (χ1n) is 8.56. The Morgan fingerprint density at radius 2 is 1.81 bits per heavy atom. The van der Waals surface area contributed by atoms with Gasteiger partial charge in [0, 0.05) is 18.8 Å². The second-order valence-corrected chi connectivity index (χ2v) is 6.12. The number of nitrogens with zero attached hydrogens (tertiary/aromatic N) is 4. The fraction of sp³-hybridized carbons (Fsp3) is 0.412. The summed E-state index contributed by atoms with van der Waals surface area (Å²) >= 11 is 0. The van der Waals surface area contributed by atoms with E-state index in [2.05, 4.69) is 15.3 Å². The molecule has 1 aromatic carbocycles. The van der Waals surface area contributed by atoms with E-state index >= 15 is 0 Å². The maximum Gasteiger partial charge on any atom is 0.353 e. The predicted octanol–water partition coefficient (Wildman–Crippen LogP) is 3.10. The Labute approximate surface area is 151 Å². The van der Waals surface area contributed by atoms with Crippen LogP contribution in [-0.2, 0) is 0 Å². The van der Waals surface area contributed by atoms with Crippen LogP contribution in [0.5, 0.6) is 5.75 Å². The molecule has 3 rings (SSSR count). The zero-order valence-electron chi connectivity index (χ0n) is 14.6. The van der Waals surface area contributed by atoms with E-state index in [9.17, 15) is 10.1 Å². The number of rotatable bonds is 5. The van der Waals surface area contributed by atoms with Crippen LogP contribution in [0.1, 0.15) is 25.7 Å². The molecule has 0 spiro atoms. The largest absolute Gasteiger partial charge is 0.497 e. The second kappa shape index (κ2) is 7.85. The van der Waals surface area contributed by atoms with Crippen LogP contribution in [0.2, 0.25) is 0 Å². The van der Waals surface area contributed by atoms with Crippen molar-refractivity contribution in [3.8, 4) is 5.75 Å². The van der Waals surface area contributed by atoms with Gasteiger partial charge < -0.3 is 20.7 Å². The molecule has 0 unspecified atom stereocenters. The summed E-state index contributed by atoms with van der Waals surface area (Å²) in [6.45, 7) is 1.64. The fourth-order valence-electron chi connectivity index (χ4n) is 2.95. The number of aromatic nitrogens is 2. The fourth-order valence-corrected chi connectivity index (χ4v) is 2.95. The number of nitro groups is 1. The summed E-state index contributed by atoms with van der Waals surface area (Å²) in [6.07, 6.45) is 4.41. The number of benzene rings is 1. The second-order valence-electron chi connectivity index (χ2n) is 6.12. The van der Waals surface area contributed by atoms with Gasteiger partial charge >= 0.3 is 5.69 Å². The van der Waals surface area contributed by atoms with E-state index in [4.69, 9.17) is 10.5 Å². The molecule has 9 heteroatoms. The van der Waals surface area contributed by atoms with Crippen LogP contribution in [0.3, 0.4) is 0 Å². The average molecular weight is 358 g/mol. The third-order valence-electron chi connectivity index (χ3n) is 4.32. The van der Waals surface area contributed by atoms with Crippen LogP contribution in [-0.4, -0.2) is 35.1 Å². The first-order chi connectivity index (χ1) is 12.6. The molecular formula is C17H22N6O3. The minimum absolute atomic E-state index is 0.0897. The molecule has 1 fully saturated rings. The third kappa shape index (κ3) is 3.93. The molecule has 0 aliphatic carbocycles. The topological polar surface area (TPSA) is 119 Å². The number of nitrogens with one attached hydrogen (secondary N) is 1. The average Bonchev–Trinajstić information content (AvgIpc) is 2.91. The molecule has 0 bridgehead atoms. The minimum Gasteiger partial charge on any atom is -0.497 e. The van der Waals surface area contributed by atoms with E-state index in [0.29, 0.717) is 17.4 Å². The predicted molar refractivity (Wildman–Crippen MR) is 100 cm³/mol. The van der Waals surface area contributed by atoms with E-state index in [-0.39, 0.29) is 17.3 Å².